The molecule has 0 amide bonds. The van der Waals surface area contributed by atoms with Crippen molar-refractivity contribution in [3.8, 4) is 11.1 Å². The van der Waals surface area contributed by atoms with Crippen molar-refractivity contribution in [2.24, 2.45) is 0 Å². The normalized spacial score (nSPS) is 12.7. The SMILES string of the molecule is CC1(C)c2ccccc2-c2ccc(N(c3ccccc3)c3ccc([Si](c4ccccc4)(c4ccccc4)c4cccc(N(c5ccccc5)c5ccc6c(c5)sc5ccccc56)c4)cc3)cc21. The number of hydrogen-bond acceptors (Lipinski definition) is 3. The van der Waals surface area contributed by atoms with E-state index >= 15 is 0 Å². The van der Waals surface area contributed by atoms with Gasteiger partial charge in [0.2, 0.25) is 0 Å². The Balaban J connectivity index is 1.03. The number of fused-ring (bicyclic) bond motifs is 6. The van der Waals surface area contributed by atoms with Gasteiger partial charge in [-0.3, -0.25) is 0 Å². The number of nitrogens with zero attached hydrogens (tertiary/aromatic N) is 2. The van der Waals surface area contributed by atoms with E-state index in [1.807, 2.05) is 11.3 Å². The molecule has 1 aromatic heterocycles. The van der Waals surface area contributed by atoms with Crippen LogP contribution in [-0.4, -0.2) is 8.07 Å². The van der Waals surface area contributed by atoms with E-state index in [0.717, 1.165) is 34.1 Å². The Morgan fingerprint density at radius 2 is 0.761 bits per heavy atom. The second-order valence-electron chi connectivity index (χ2n) is 18.1. The quantitative estimate of drug-likeness (QED) is 0.0997. The molecule has 1 aliphatic rings. The van der Waals surface area contributed by atoms with Crippen molar-refractivity contribution in [3.05, 3.63) is 266 Å². The zero-order chi connectivity index (χ0) is 45.0. The Bertz CT molecular complexity index is 3510. The van der Waals surface area contributed by atoms with Crippen LogP contribution in [0.1, 0.15) is 25.0 Å². The van der Waals surface area contributed by atoms with Gasteiger partial charge in [-0.25, -0.2) is 0 Å². The molecular formula is C63H48N2SSi. The molecule has 1 heterocycles. The Hall–Kier alpha value is -7.76. The average molecular weight is 893 g/mol. The molecule has 4 heteroatoms. The maximum absolute atomic E-state index is 2.97. The summed E-state index contributed by atoms with van der Waals surface area (Å²) in [5.74, 6) is 0. The van der Waals surface area contributed by atoms with E-state index in [0.29, 0.717) is 0 Å². The highest BCUT2D eigenvalue weighted by Crippen LogP contribution is 2.50. The van der Waals surface area contributed by atoms with Crippen LogP contribution in [-0.2, 0) is 5.41 Å². The third kappa shape index (κ3) is 6.83. The van der Waals surface area contributed by atoms with Crippen LogP contribution in [0, 0.1) is 0 Å². The summed E-state index contributed by atoms with van der Waals surface area (Å²) < 4.78 is 2.59. The maximum Gasteiger partial charge on any atom is 0.179 e. The lowest BCUT2D eigenvalue weighted by Crippen LogP contribution is -2.74. The molecule has 0 spiro atoms. The first-order valence-corrected chi connectivity index (χ1v) is 26.0. The highest BCUT2D eigenvalue weighted by Gasteiger charge is 2.42. The van der Waals surface area contributed by atoms with E-state index < -0.39 is 8.07 Å². The minimum Gasteiger partial charge on any atom is -0.310 e. The minimum atomic E-state index is -2.97. The standard InChI is InChI=1S/C63H48N2SSi/c1-63(2)59-32-17-15-30-55(59)56-40-36-49(43-60(56)63)64(45-20-7-3-8-21-45)47-34-38-53(39-35-47)67(51-25-11-5-12-26-51,52-27-13-6-14-28-52)54-29-19-24-48(42-54)65(46-22-9-4-10-23-46)50-37-41-58-57-31-16-18-33-61(57)66-62(58)44-50/h3-44H,1-2H3. The Morgan fingerprint density at radius 3 is 1.45 bits per heavy atom. The van der Waals surface area contributed by atoms with Gasteiger partial charge in [-0.05, 0) is 122 Å². The molecule has 2 nitrogen and oxygen atoms in total. The molecule has 0 atom stereocenters. The molecule has 12 rings (SSSR count). The van der Waals surface area contributed by atoms with E-state index in [9.17, 15) is 0 Å². The van der Waals surface area contributed by atoms with Crippen LogP contribution in [0.15, 0.2) is 255 Å². The molecule has 0 fully saturated rings. The first-order valence-electron chi connectivity index (χ1n) is 23.2. The largest absolute Gasteiger partial charge is 0.310 e. The van der Waals surface area contributed by atoms with E-state index in [2.05, 4.69) is 278 Å². The van der Waals surface area contributed by atoms with Crippen molar-refractivity contribution in [1.82, 2.24) is 0 Å². The summed E-state index contributed by atoms with van der Waals surface area (Å²) >= 11 is 1.86. The number of anilines is 6. The Morgan fingerprint density at radius 1 is 0.313 bits per heavy atom. The summed E-state index contributed by atoms with van der Waals surface area (Å²) in [5.41, 5.74) is 12.1. The van der Waals surface area contributed by atoms with Crippen molar-refractivity contribution in [2.45, 2.75) is 19.3 Å². The van der Waals surface area contributed by atoms with E-state index in [-0.39, 0.29) is 5.41 Å². The highest BCUT2D eigenvalue weighted by atomic mass is 32.1. The fraction of sp³-hybridized carbons (Fsp3) is 0.0476. The van der Waals surface area contributed by atoms with Crippen molar-refractivity contribution < 1.29 is 0 Å². The van der Waals surface area contributed by atoms with Crippen LogP contribution in [0.5, 0.6) is 0 Å². The molecule has 0 radical (unpaired) electrons. The van der Waals surface area contributed by atoms with Gasteiger partial charge in [0.1, 0.15) is 0 Å². The summed E-state index contributed by atoms with van der Waals surface area (Å²) in [4.78, 5) is 4.85. The average Bonchev–Trinajstić information content (AvgIpc) is 3.87. The molecule has 11 aromatic rings. The van der Waals surface area contributed by atoms with Crippen LogP contribution in [0.4, 0.5) is 34.1 Å². The van der Waals surface area contributed by atoms with Gasteiger partial charge >= 0.3 is 0 Å². The molecule has 0 N–H and O–H groups in total. The summed E-state index contributed by atoms with van der Waals surface area (Å²) in [5, 5.41) is 7.92. The molecule has 0 bridgehead atoms. The predicted octanol–water partition coefficient (Wildman–Crippen LogP) is 14.7. The first kappa shape index (κ1) is 40.7. The number of thiophene rings is 1. The van der Waals surface area contributed by atoms with Gasteiger partial charge < -0.3 is 9.80 Å². The molecular weight excluding hydrogens is 845 g/mol. The molecule has 67 heavy (non-hydrogen) atoms. The minimum absolute atomic E-state index is 0.110. The van der Waals surface area contributed by atoms with Gasteiger partial charge in [0.25, 0.3) is 0 Å². The van der Waals surface area contributed by atoms with Gasteiger partial charge in [0.05, 0.1) is 0 Å². The molecule has 0 saturated heterocycles. The number of hydrogen-bond donors (Lipinski definition) is 0. The summed E-state index contributed by atoms with van der Waals surface area (Å²) in [6, 6.07) is 94.7. The zero-order valence-electron chi connectivity index (χ0n) is 37.6. The van der Waals surface area contributed by atoms with Crippen LogP contribution >= 0.6 is 11.3 Å². The topological polar surface area (TPSA) is 6.48 Å². The smallest absolute Gasteiger partial charge is 0.179 e. The summed E-state index contributed by atoms with van der Waals surface area (Å²) in [7, 11) is -2.97. The third-order valence-corrected chi connectivity index (χ3v) is 19.9. The second-order valence-corrected chi connectivity index (χ2v) is 23.0. The van der Waals surface area contributed by atoms with Gasteiger partial charge in [0, 0.05) is 59.7 Å². The lowest BCUT2D eigenvalue weighted by molar-refractivity contribution is 0.660. The molecule has 0 unspecified atom stereocenters. The summed E-state index contributed by atoms with van der Waals surface area (Å²) in [6.07, 6.45) is 0. The molecule has 1 aliphatic carbocycles. The zero-order valence-corrected chi connectivity index (χ0v) is 39.4. The number of rotatable bonds is 10. The molecule has 0 saturated carbocycles. The number of benzene rings is 10. The summed E-state index contributed by atoms with van der Waals surface area (Å²) in [6.45, 7) is 4.72. The van der Waals surface area contributed by atoms with Crippen LogP contribution in [0.2, 0.25) is 0 Å². The highest BCUT2D eigenvalue weighted by molar-refractivity contribution is 7.25. The Kier molecular flexibility index (Phi) is 10.1. The van der Waals surface area contributed by atoms with Crippen LogP contribution in [0.25, 0.3) is 31.3 Å². The second kappa shape index (κ2) is 16.6. The Labute approximate surface area is 398 Å². The van der Waals surface area contributed by atoms with Gasteiger partial charge in [-0.15, -0.1) is 11.3 Å². The fourth-order valence-corrected chi connectivity index (χ4v) is 16.7. The monoisotopic (exact) mass is 892 g/mol. The van der Waals surface area contributed by atoms with Crippen molar-refractivity contribution in [1.29, 1.82) is 0 Å². The van der Waals surface area contributed by atoms with Crippen LogP contribution in [0.3, 0.4) is 0 Å². The van der Waals surface area contributed by atoms with Crippen molar-refractivity contribution in [2.75, 3.05) is 9.80 Å². The van der Waals surface area contributed by atoms with Gasteiger partial charge in [-0.1, -0.05) is 190 Å². The van der Waals surface area contributed by atoms with Crippen LogP contribution < -0.4 is 30.5 Å². The van der Waals surface area contributed by atoms with Crippen molar-refractivity contribution in [3.63, 3.8) is 0 Å². The maximum atomic E-state index is 2.48. The number of para-hydroxylation sites is 2. The molecule has 320 valence electrons. The molecule has 0 aliphatic heterocycles. The van der Waals surface area contributed by atoms with Gasteiger partial charge in [-0.2, -0.15) is 0 Å². The predicted molar refractivity (Wildman–Crippen MR) is 290 cm³/mol. The molecule has 10 aromatic carbocycles. The van der Waals surface area contributed by atoms with E-state index in [1.54, 1.807) is 0 Å². The first-order chi connectivity index (χ1) is 33.0. The third-order valence-electron chi connectivity index (χ3n) is 14.0. The van der Waals surface area contributed by atoms with Gasteiger partial charge in [0.15, 0.2) is 8.07 Å². The fourth-order valence-electron chi connectivity index (χ4n) is 10.8. The van der Waals surface area contributed by atoms with E-state index in [4.69, 9.17) is 0 Å². The van der Waals surface area contributed by atoms with Crippen molar-refractivity contribution >= 4 is 94.5 Å². The lowest BCUT2D eigenvalue weighted by atomic mass is 9.82. The van der Waals surface area contributed by atoms with E-state index in [1.165, 1.54) is 63.2 Å². The lowest BCUT2D eigenvalue weighted by Gasteiger charge is -2.36.